The van der Waals surface area contributed by atoms with Crippen LogP contribution in [0.3, 0.4) is 0 Å². The van der Waals surface area contributed by atoms with Crippen molar-refractivity contribution >= 4 is 5.97 Å². The third-order valence-electron chi connectivity index (χ3n) is 1.58. The van der Waals surface area contributed by atoms with E-state index >= 15 is 0 Å². The largest absolute Gasteiger partial charge is 0.462 e. The molecule has 0 aliphatic rings. The van der Waals surface area contributed by atoms with Gasteiger partial charge in [-0.25, -0.2) is 4.79 Å². The van der Waals surface area contributed by atoms with Gasteiger partial charge in [0.2, 0.25) is 0 Å². The van der Waals surface area contributed by atoms with Gasteiger partial charge in [0.05, 0.1) is 17.8 Å². The highest BCUT2D eigenvalue weighted by atomic mass is 16.5. The molecule has 0 amide bonds. The summed E-state index contributed by atoms with van der Waals surface area (Å²) in [7, 11) is 0. The molecule has 0 unspecified atom stereocenters. The molecule has 0 radical (unpaired) electrons. The first-order valence-electron chi connectivity index (χ1n) is 4.44. The Labute approximate surface area is 89.3 Å². The number of carbonyl (C=O) groups excluding carboxylic acids is 1. The summed E-state index contributed by atoms with van der Waals surface area (Å²) in [6.45, 7) is 7.03. The molecule has 0 bridgehead atoms. The maximum atomic E-state index is 11.3. The van der Waals surface area contributed by atoms with Crippen LogP contribution in [0.5, 0.6) is 0 Å². The summed E-state index contributed by atoms with van der Waals surface area (Å²) in [5, 5.41) is 8.73. The second kappa shape index (κ2) is 6.44. The number of esters is 1. The minimum Gasteiger partial charge on any atom is -0.462 e. The van der Waals surface area contributed by atoms with E-state index in [4.69, 9.17) is 15.7 Å². The van der Waals surface area contributed by atoms with Crippen LogP contribution in [0.15, 0.2) is 35.6 Å². The lowest BCUT2D eigenvalue weighted by molar-refractivity contribution is -0.138. The number of rotatable bonds is 4. The number of carbonyl (C=O) groups is 1. The van der Waals surface area contributed by atoms with Gasteiger partial charge in [-0.3, -0.25) is 0 Å². The van der Waals surface area contributed by atoms with E-state index in [0.717, 1.165) is 0 Å². The van der Waals surface area contributed by atoms with Crippen molar-refractivity contribution in [3.63, 3.8) is 0 Å². The van der Waals surface area contributed by atoms with Crippen molar-refractivity contribution in [3.8, 4) is 6.07 Å². The topological polar surface area (TPSA) is 76.1 Å². The maximum Gasteiger partial charge on any atom is 0.338 e. The van der Waals surface area contributed by atoms with Crippen LogP contribution in [0, 0.1) is 11.3 Å². The fraction of sp³-hybridized carbons (Fsp3) is 0.273. The van der Waals surface area contributed by atoms with Gasteiger partial charge in [0.15, 0.2) is 0 Å². The molecule has 15 heavy (non-hydrogen) atoms. The van der Waals surface area contributed by atoms with Crippen LogP contribution in [0.1, 0.15) is 13.8 Å². The van der Waals surface area contributed by atoms with Crippen molar-refractivity contribution in [3.05, 3.63) is 35.6 Å². The van der Waals surface area contributed by atoms with Gasteiger partial charge in [-0.15, -0.1) is 0 Å². The molecule has 0 rings (SSSR count). The molecular weight excluding hydrogens is 192 g/mol. The van der Waals surface area contributed by atoms with Crippen molar-refractivity contribution in [1.29, 1.82) is 5.26 Å². The molecular formula is C11H14N2O2. The summed E-state index contributed by atoms with van der Waals surface area (Å²) in [5.74, 6) is -0.512. The Kier molecular flexibility index (Phi) is 5.57. The SMILES string of the molecule is C=C/C(=C\C(C#N)=C(\C)N)C(=O)OCC. The minimum atomic E-state index is -0.512. The first-order valence-corrected chi connectivity index (χ1v) is 4.44. The lowest BCUT2D eigenvalue weighted by atomic mass is 10.1. The van der Waals surface area contributed by atoms with Gasteiger partial charge < -0.3 is 10.5 Å². The summed E-state index contributed by atoms with van der Waals surface area (Å²) in [6, 6.07) is 1.89. The molecule has 0 aromatic rings. The molecule has 0 atom stereocenters. The number of nitrogens with two attached hydrogens (primary N) is 1. The third-order valence-corrected chi connectivity index (χ3v) is 1.58. The second-order valence-corrected chi connectivity index (χ2v) is 2.73. The number of allylic oxidation sites excluding steroid dienone is 3. The number of hydrogen-bond acceptors (Lipinski definition) is 4. The number of nitrogens with zero attached hydrogens (tertiary/aromatic N) is 1. The van der Waals surface area contributed by atoms with E-state index in [-0.39, 0.29) is 17.8 Å². The van der Waals surface area contributed by atoms with Crippen LogP contribution in [-0.2, 0) is 9.53 Å². The van der Waals surface area contributed by atoms with Gasteiger partial charge >= 0.3 is 5.97 Å². The Morgan fingerprint density at radius 3 is 2.60 bits per heavy atom. The molecule has 0 aromatic carbocycles. The summed E-state index contributed by atoms with van der Waals surface area (Å²) >= 11 is 0. The van der Waals surface area contributed by atoms with Gasteiger partial charge in [-0.1, -0.05) is 12.7 Å². The average molecular weight is 206 g/mol. The highest BCUT2D eigenvalue weighted by molar-refractivity contribution is 5.92. The molecule has 80 valence electrons. The molecule has 4 nitrogen and oxygen atoms in total. The van der Waals surface area contributed by atoms with Gasteiger partial charge in [0.25, 0.3) is 0 Å². The van der Waals surface area contributed by atoms with E-state index in [1.807, 2.05) is 6.07 Å². The Hall–Kier alpha value is -2.02. The summed E-state index contributed by atoms with van der Waals surface area (Å²) < 4.78 is 4.77. The van der Waals surface area contributed by atoms with E-state index in [9.17, 15) is 4.79 Å². The molecule has 2 N–H and O–H groups in total. The van der Waals surface area contributed by atoms with Gasteiger partial charge in [-0.05, 0) is 19.9 Å². The fourth-order valence-corrected chi connectivity index (χ4v) is 0.805. The zero-order valence-electron chi connectivity index (χ0n) is 8.91. The van der Waals surface area contributed by atoms with Crippen molar-refractivity contribution in [1.82, 2.24) is 0 Å². The van der Waals surface area contributed by atoms with Crippen LogP contribution in [0.4, 0.5) is 0 Å². The molecule has 0 fully saturated rings. The second-order valence-electron chi connectivity index (χ2n) is 2.73. The van der Waals surface area contributed by atoms with E-state index in [0.29, 0.717) is 5.70 Å². The van der Waals surface area contributed by atoms with E-state index in [2.05, 4.69) is 6.58 Å². The molecule has 0 heterocycles. The summed E-state index contributed by atoms with van der Waals surface area (Å²) in [5.41, 5.74) is 6.25. The third kappa shape index (κ3) is 4.14. The van der Waals surface area contributed by atoms with E-state index in [1.165, 1.54) is 12.2 Å². The Morgan fingerprint density at radius 1 is 1.67 bits per heavy atom. The van der Waals surface area contributed by atoms with Crippen LogP contribution in [0.2, 0.25) is 0 Å². The highest BCUT2D eigenvalue weighted by Gasteiger charge is 2.07. The number of ether oxygens (including phenoxy) is 1. The Bertz CT molecular complexity index is 355. The standard InChI is InChI=1S/C11H14N2O2/c1-4-9(11(14)15-5-2)6-10(7-12)8(3)13/h4,6H,1,5,13H2,2-3H3/b9-6+,10-8+. The molecule has 0 aliphatic heterocycles. The highest BCUT2D eigenvalue weighted by Crippen LogP contribution is 2.07. The molecule has 0 saturated heterocycles. The fourth-order valence-electron chi connectivity index (χ4n) is 0.805. The number of hydrogen-bond donors (Lipinski definition) is 1. The van der Waals surface area contributed by atoms with Crippen LogP contribution in [0.25, 0.3) is 0 Å². The van der Waals surface area contributed by atoms with Gasteiger partial charge in [0.1, 0.15) is 6.07 Å². The van der Waals surface area contributed by atoms with Crippen molar-refractivity contribution in [2.75, 3.05) is 6.61 Å². The van der Waals surface area contributed by atoms with Crippen LogP contribution in [-0.4, -0.2) is 12.6 Å². The zero-order valence-corrected chi connectivity index (χ0v) is 8.91. The Balaban J connectivity index is 5.07. The Morgan fingerprint density at radius 2 is 2.27 bits per heavy atom. The smallest absolute Gasteiger partial charge is 0.338 e. The quantitative estimate of drug-likeness (QED) is 0.326. The average Bonchev–Trinajstić information content (AvgIpc) is 2.19. The van der Waals surface area contributed by atoms with Crippen molar-refractivity contribution in [2.45, 2.75) is 13.8 Å². The molecule has 0 spiro atoms. The van der Waals surface area contributed by atoms with Crippen LogP contribution < -0.4 is 5.73 Å². The molecule has 4 heteroatoms. The van der Waals surface area contributed by atoms with Crippen LogP contribution >= 0.6 is 0 Å². The molecule has 0 aromatic heterocycles. The predicted octanol–water partition coefficient (Wildman–Crippen LogP) is 1.42. The molecule has 0 saturated carbocycles. The maximum absolute atomic E-state index is 11.3. The van der Waals surface area contributed by atoms with Crippen molar-refractivity contribution in [2.24, 2.45) is 5.73 Å². The zero-order chi connectivity index (χ0) is 11.8. The van der Waals surface area contributed by atoms with E-state index in [1.54, 1.807) is 13.8 Å². The van der Waals surface area contributed by atoms with E-state index < -0.39 is 5.97 Å². The lowest BCUT2D eigenvalue weighted by Crippen LogP contribution is -2.06. The predicted molar refractivity (Wildman–Crippen MR) is 57.4 cm³/mol. The monoisotopic (exact) mass is 206 g/mol. The summed E-state index contributed by atoms with van der Waals surface area (Å²) in [6.07, 6.45) is 2.69. The van der Waals surface area contributed by atoms with Gasteiger partial charge in [0, 0.05) is 5.70 Å². The molecule has 0 aliphatic carbocycles. The summed E-state index contributed by atoms with van der Waals surface area (Å²) in [4.78, 5) is 11.3. The minimum absolute atomic E-state index is 0.221. The normalized spacial score (nSPS) is 12.5. The first-order chi connectivity index (χ1) is 7.06. The lowest BCUT2D eigenvalue weighted by Gasteiger charge is -2.02. The first kappa shape index (κ1) is 13.0. The van der Waals surface area contributed by atoms with Gasteiger partial charge in [-0.2, -0.15) is 5.26 Å². The number of nitriles is 1. The van der Waals surface area contributed by atoms with Crippen molar-refractivity contribution < 1.29 is 9.53 Å².